The van der Waals surface area contributed by atoms with E-state index in [0.717, 1.165) is 4.90 Å². The van der Waals surface area contributed by atoms with Gasteiger partial charge in [0.25, 0.3) is 0 Å². The highest BCUT2D eigenvalue weighted by atomic mass is 16.6. The van der Waals surface area contributed by atoms with Gasteiger partial charge in [0.05, 0.1) is 18.5 Å². The molecule has 26 heavy (non-hydrogen) atoms. The molecule has 0 aromatic carbocycles. The van der Waals surface area contributed by atoms with Gasteiger partial charge in [-0.05, 0) is 48.0 Å². The number of cyclic esters (lactones) is 1. The molecule has 1 saturated heterocycles. The molecule has 2 atom stereocenters. The third-order valence-corrected chi connectivity index (χ3v) is 3.17. The molecular formula is C17H27N3O6. The second kappa shape index (κ2) is 8.25. The zero-order valence-corrected chi connectivity index (χ0v) is 16.1. The van der Waals surface area contributed by atoms with Crippen molar-refractivity contribution in [3.05, 3.63) is 0 Å². The highest BCUT2D eigenvalue weighted by Gasteiger charge is 2.41. The molecular weight excluding hydrogens is 342 g/mol. The van der Waals surface area contributed by atoms with E-state index in [0.29, 0.717) is 0 Å². The minimum Gasteiger partial charge on any atom is -0.447 e. The summed E-state index contributed by atoms with van der Waals surface area (Å²) in [6.07, 6.45) is -2.16. The molecule has 0 saturated carbocycles. The molecule has 0 unspecified atom stereocenters. The van der Waals surface area contributed by atoms with E-state index in [9.17, 15) is 14.4 Å². The predicted octanol–water partition coefficient (Wildman–Crippen LogP) is 2.94. The summed E-state index contributed by atoms with van der Waals surface area (Å²) in [6, 6.07) is 0.713. The first-order chi connectivity index (χ1) is 11.8. The number of hydrogen-bond acceptors (Lipinski definition) is 7. The average molecular weight is 369 g/mol. The lowest BCUT2D eigenvalue weighted by Crippen LogP contribution is -2.47. The summed E-state index contributed by atoms with van der Waals surface area (Å²) in [6.45, 7) is 10.2. The summed E-state index contributed by atoms with van der Waals surface area (Å²) in [7, 11) is 0. The normalized spacial score (nSPS) is 18.6. The molecule has 0 aromatic heterocycles. The summed E-state index contributed by atoms with van der Waals surface area (Å²) < 4.78 is 15.3. The zero-order valence-electron chi connectivity index (χ0n) is 16.1. The Bertz CT molecular complexity index is 585. The highest BCUT2D eigenvalue weighted by molar-refractivity contribution is 5.89. The van der Waals surface area contributed by atoms with Gasteiger partial charge in [-0.2, -0.15) is 5.26 Å². The second-order valence-electron chi connectivity index (χ2n) is 8.02. The first kappa shape index (κ1) is 21.5. The Balaban J connectivity index is 2.79. The van der Waals surface area contributed by atoms with Crippen LogP contribution in [0.2, 0.25) is 0 Å². The molecule has 3 amide bonds. The van der Waals surface area contributed by atoms with Crippen LogP contribution in [-0.2, 0) is 14.2 Å². The van der Waals surface area contributed by atoms with Crippen molar-refractivity contribution in [3.8, 4) is 6.07 Å². The van der Waals surface area contributed by atoms with Gasteiger partial charge in [-0.1, -0.05) is 0 Å². The molecule has 9 heteroatoms. The van der Waals surface area contributed by atoms with Crippen molar-refractivity contribution in [2.75, 3.05) is 6.61 Å². The molecule has 0 aliphatic carbocycles. The van der Waals surface area contributed by atoms with Crippen molar-refractivity contribution in [2.45, 2.75) is 77.7 Å². The van der Waals surface area contributed by atoms with Crippen LogP contribution in [0.3, 0.4) is 0 Å². The Morgan fingerprint density at radius 2 is 1.85 bits per heavy atom. The van der Waals surface area contributed by atoms with E-state index >= 15 is 0 Å². The number of carbonyl (C=O) groups is 3. The lowest BCUT2D eigenvalue weighted by atomic mass is 10.0. The molecule has 1 N–H and O–H groups in total. The minimum atomic E-state index is -0.821. The number of carbonyl (C=O) groups excluding carboxylic acids is 3. The number of rotatable bonds is 4. The monoisotopic (exact) mass is 369 g/mol. The van der Waals surface area contributed by atoms with E-state index in [1.807, 2.05) is 6.07 Å². The Morgan fingerprint density at radius 1 is 1.27 bits per heavy atom. The molecule has 146 valence electrons. The van der Waals surface area contributed by atoms with Crippen LogP contribution in [0.15, 0.2) is 0 Å². The summed E-state index contributed by atoms with van der Waals surface area (Å²) >= 11 is 0. The van der Waals surface area contributed by atoms with Crippen molar-refractivity contribution >= 4 is 18.3 Å². The fourth-order valence-corrected chi connectivity index (χ4v) is 2.27. The molecule has 1 aliphatic rings. The summed E-state index contributed by atoms with van der Waals surface area (Å²) in [5.74, 6) is 0. The second-order valence-corrected chi connectivity index (χ2v) is 8.02. The number of imide groups is 1. The van der Waals surface area contributed by atoms with Crippen LogP contribution in [0.25, 0.3) is 0 Å². The number of amides is 3. The first-order valence-electron chi connectivity index (χ1n) is 8.38. The van der Waals surface area contributed by atoms with E-state index in [-0.39, 0.29) is 19.4 Å². The molecule has 1 heterocycles. The lowest BCUT2D eigenvalue weighted by Gasteiger charge is -2.27. The molecule has 0 spiro atoms. The summed E-state index contributed by atoms with van der Waals surface area (Å²) in [5.41, 5.74) is -1.46. The van der Waals surface area contributed by atoms with E-state index in [1.54, 1.807) is 41.5 Å². The highest BCUT2D eigenvalue weighted by Crippen LogP contribution is 2.22. The standard InChI is InChI=1S/C17H27N3O6/c1-16(2,3)25-13(21)19-11(7-8-18)9-12-10-24-14(22)20(12)15(23)26-17(4,5)6/h11-12H,7,9-10H2,1-6H3,(H,19,21)/t11-,12-/m0/s1. The van der Waals surface area contributed by atoms with Crippen LogP contribution in [0.1, 0.15) is 54.4 Å². The van der Waals surface area contributed by atoms with E-state index in [2.05, 4.69) is 5.32 Å². The van der Waals surface area contributed by atoms with Crippen molar-refractivity contribution in [1.82, 2.24) is 10.2 Å². The van der Waals surface area contributed by atoms with Gasteiger partial charge >= 0.3 is 18.3 Å². The van der Waals surface area contributed by atoms with Crippen molar-refractivity contribution in [2.24, 2.45) is 0 Å². The Hall–Kier alpha value is -2.50. The third-order valence-electron chi connectivity index (χ3n) is 3.17. The number of ether oxygens (including phenoxy) is 3. The fraction of sp³-hybridized carbons (Fsp3) is 0.765. The van der Waals surface area contributed by atoms with Gasteiger partial charge in [-0.25, -0.2) is 19.3 Å². The maximum Gasteiger partial charge on any atom is 0.420 e. The van der Waals surface area contributed by atoms with Crippen LogP contribution in [-0.4, -0.2) is 53.1 Å². The van der Waals surface area contributed by atoms with Crippen molar-refractivity contribution in [3.63, 3.8) is 0 Å². The van der Waals surface area contributed by atoms with Gasteiger partial charge in [-0.15, -0.1) is 0 Å². The van der Waals surface area contributed by atoms with E-state index in [1.165, 1.54) is 0 Å². The Kier molecular flexibility index (Phi) is 6.84. The van der Waals surface area contributed by atoms with Gasteiger partial charge in [-0.3, -0.25) is 0 Å². The van der Waals surface area contributed by atoms with Crippen molar-refractivity contribution < 1.29 is 28.6 Å². The van der Waals surface area contributed by atoms with Crippen LogP contribution in [0, 0.1) is 11.3 Å². The fourth-order valence-electron chi connectivity index (χ4n) is 2.27. The maximum atomic E-state index is 12.3. The average Bonchev–Trinajstić information content (AvgIpc) is 2.75. The molecule has 0 radical (unpaired) electrons. The van der Waals surface area contributed by atoms with Gasteiger partial charge in [0.1, 0.15) is 17.8 Å². The quantitative estimate of drug-likeness (QED) is 0.757. The van der Waals surface area contributed by atoms with Crippen LogP contribution in [0.4, 0.5) is 14.4 Å². The molecule has 1 fully saturated rings. The molecule has 1 aliphatic heterocycles. The largest absolute Gasteiger partial charge is 0.447 e. The number of alkyl carbamates (subject to hydrolysis) is 1. The topological polar surface area (TPSA) is 118 Å². The molecule has 0 aromatic rings. The number of nitrogens with one attached hydrogen (secondary N) is 1. The van der Waals surface area contributed by atoms with E-state index < -0.39 is 41.6 Å². The first-order valence-corrected chi connectivity index (χ1v) is 8.38. The third kappa shape index (κ3) is 7.17. The zero-order chi connectivity index (χ0) is 20.1. The molecule has 0 bridgehead atoms. The Labute approximate surface area is 153 Å². The van der Waals surface area contributed by atoms with Crippen LogP contribution >= 0.6 is 0 Å². The number of nitrogens with zero attached hydrogens (tertiary/aromatic N) is 2. The smallest absolute Gasteiger partial charge is 0.420 e. The van der Waals surface area contributed by atoms with Crippen LogP contribution in [0.5, 0.6) is 0 Å². The minimum absolute atomic E-state index is 0.00785. The van der Waals surface area contributed by atoms with Gasteiger partial charge < -0.3 is 19.5 Å². The van der Waals surface area contributed by atoms with Gasteiger partial charge in [0, 0.05) is 6.04 Å². The summed E-state index contributed by atoms with van der Waals surface area (Å²) in [4.78, 5) is 37.0. The van der Waals surface area contributed by atoms with Gasteiger partial charge in [0.2, 0.25) is 0 Å². The SMILES string of the molecule is CC(C)(C)OC(=O)N[C@@H](CC#N)C[C@H]1COC(=O)N1C(=O)OC(C)(C)C. The van der Waals surface area contributed by atoms with Crippen molar-refractivity contribution in [1.29, 1.82) is 5.26 Å². The predicted molar refractivity (Wildman–Crippen MR) is 91.2 cm³/mol. The lowest BCUT2D eigenvalue weighted by molar-refractivity contribution is 0.0281. The summed E-state index contributed by atoms with van der Waals surface area (Å²) in [5, 5.41) is 11.6. The maximum absolute atomic E-state index is 12.3. The molecule has 9 nitrogen and oxygen atoms in total. The Morgan fingerprint density at radius 3 is 2.35 bits per heavy atom. The van der Waals surface area contributed by atoms with Gasteiger partial charge in [0.15, 0.2) is 0 Å². The van der Waals surface area contributed by atoms with Crippen LogP contribution < -0.4 is 5.32 Å². The van der Waals surface area contributed by atoms with E-state index in [4.69, 9.17) is 19.5 Å². The number of nitriles is 1. The molecule has 1 rings (SSSR count). The number of hydrogen-bond donors (Lipinski definition) is 1.